The van der Waals surface area contributed by atoms with Gasteiger partial charge in [-0.3, -0.25) is 0 Å². The summed E-state index contributed by atoms with van der Waals surface area (Å²) in [6, 6.07) is 14.1. The van der Waals surface area contributed by atoms with E-state index in [2.05, 4.69) is 46.1 Å². The van der Waals surface area contributed by atoms with Gasteiger partial charge in [0, 0.05) is 5.92 Å². The van der Waals surface area contributed by atoms with E-state index in [0.717, 1.165) is 17.8 Å². The smallest absolute Gasteiger partial charge is 0.179 e. The SMILES string of the molecule is CCC(c1ccccc1)c1nc2nc(N)ccc2[nH]1. The number of nitrogens with one attached hydrogen (secondary N) is 1. The van der Waals surface area contributed by atoms with Gasteiger partial charge in [0.05, 0.1) is 5.52 Å². The van der Waals surface area contributed by atoms with Gasteiger partial charge in [-0.05, 0) is 24.1 Å². The Morgan fingerprint density at radius 3 is 2.63 bits per heavy atom. The molecule has 4 nitrogen and oxygen atoms in total. The highest BCUT2D eigenvalue weighted by atomic mass is 15.0. The average molecular weight is 252 g/mol. The van der Waals surface area contributed by atoms with Gasteiger partial charge in [0.2, 0.25) is 0 Å². The van der Waals surface area contributed by atoms with Gasteiger partial charge in [-0.25, -0.2) is 9.97 Å². The maximum Gasteiger partial charge on any atom is 0.179 e. The highest BCUT2D eigenvalue weighted by Crippen LogP contribution is 2.27. The average Bonchev–Trinajstić information content (AvgIpc) is 2.83. The Labute approximate surface area is 111 Å². The Balaban J connectivity index is 2.07. The number of hydrogen-bond donors (Lipinski definition) is 2. The van der Waals surface area contributed by atoms with Gasteiger partial charge in [0.1, 0.15) is 11.6 Å². The van der Waals surface area contributed by atoms with Gasteiger partial charge in [-0.1, -0.05) is 37.3 Å². The molecule has 3 N–H and O–H groups in total. The Morgan fingerprint density at radius 1 is 1.11 bits per heavy atom. The summed E-state index contributed by atoms with van der Waals surface area (Å²) in [6.07, 6.45) is 0.985. The Morgan fingerprint density at radius 2 is 1.89 bits per heavy atom. The first-order chi connectivity index (χ1) is 9.28. The molecule has 0 spiro atoms. The molecule has 0 radical (unpaired) electrons. The number of hydrogen-bond acceptors (Lipinski definition) is 3. The molecule has 0 fully saturated rings. The zero-order valence-corrected chi connectivity index (χ0v) is 10.8. The maximum absolute atomic E-state index is 5.69. The van der Waals surface area contributed by atoms with Gasteiger partial charge < -0.3 is 10.7 Å². The number of pyridine rings is 1. The quantitative estimate of drug-likeness (QED) is 0.752. The molecule has 2 heterocycles. The third-order valence-electron chi connectivity index (χ3n) is 3.33. The van der Waals surface area contributed by atoms with Crippen LogP contribution in [-0.2, 0) is 0 Å². The van der Waals surface area contributed by atoms with E-state index in [-0.39, 0.29) is 5.92 Å². The van der Waals surface area contributed by atoms with Gasteiger partial charge in [0.25, 0.3) is 0 Å². The number of benzene rings is 1. The molecule has 0 aliphatic heterocycles. The fourth-order valence-corrected chi connectivity index (χ4v) is 2.36. The Kier molecular flexibility index (Phi) is 2.91. The van der Waals surface area contributed by atoms with Crippen LogP contribution in [0.3, 0.4) is 0 Å². The van der Waals surface area contributed by atoms with Gasteiger partial charge in [-0.2, -0.15) is 0 Å². The van der Waals surface area contributed by atoms with Gasteiger partial charge in [0.15, 0.2) is 5.65 Å². The van der Waals surface area contributed by atoms with E-state index >= 15 is 0 Å². The highest BCUT2D eigenvalue weighted by molar-refractivity contribution is 5.72. The van der Waals surface area contributed by atoms with Crippen molar-refractivity contribution in [1.29, 1.82) is 0 Å². The summed E-state index contributed by atoms with van der Waals surface area (Å²) in [5.74, 6) is 1.71. The van der Waals surface area contributed by atoms with E-state index < -0.39 is 0 Å². The normalized spacial score (nSPS) is 12.7. The lowest BCUT2D eigenvalue weighted by Crippen LogP contribution is -2.01. The fraction of sp³-hybridized carbons (Fsp3) is 0.200. The summed E-state index contributed by atoms with van der Waals surface area (Å²) in [7, 11) is 0. The molecule has 1 atom stereocenters. The van der Waals surface area contributed by atoms with Crippen LogP contribution in [0.15, 0.2) is 42.5 Å². The van der Waals surface area contributed by atoms with Crippen molar-refractivity contribution in [2.24, 2.45) is 0 Å². The topological polar surface area (TPSA) is 67.6 Å². The minimum Gasteiger partial charge on any atom is -0.384 e. The Hall–Kier alpha value is -2.36. The predicted molar refractivity (Wildman–Crippen MR) is 76.9 cm³/mol. The monoisotopic (exact) mass is 252 g/mol. The van der Waals surface area contributed by atoms with E-state index in [4.69, 9.17) is 5.73 Å². The summed E-state index contributed by atoms with van der Waals surface area (Å²) in [6.45, 7) is 2.16. The number of imidazole rings is 1. The molecule has 0 amide bonds. The van der Waals surface area contributed by atoms with Crippen molar-refractivity contribution in [3.8, 4) is 0 Å². The summed E-state index contributed by atoms with van der Waals surface area (Å²) in [5.41, 5.74) is 8.56. The van der Waals surface area contributed by atoms with E-state index in [0.29, 0.717) is 11.5 Å². The minimum atomic E-state index is 0.261. The molecule has 0 aliphatic rings. The summed E-state index contributed by atoms with van der Waals surface area (Å²) < 4.78 is 0. The number of anilines is 1. The molecule has 96 valence electrons. The van der Waals surface area contributed by atoms with Crippen LogP contribution in [-0.4, -0.2) is 15.0 Å². The number of nitrogens with zero attached hydrogens (tertiary/aromatic N) is 2. The lowest BCUT2D eigenvalue weighted by Gasteiger charge is -2.11. The molecule has 3 rings (SSSR count). The number of aromatic nitrogens is 3. The van der Waals surface area contributed by atoms with Crippen molar-refractivity contribution in [2.75, 3.05) is 5.73 Å². The summed E-state index contributed by atoms with van der Waals surface area (Å²) in [4.78, 5) is 12.2. The van der Waals surface area contributed by atoms with E-state index in [1.807, 2.05) is 12.1 Å². The lowest BCUT2D eigenvalue weighted by molar-refractivity contribution is 0.732. The summed E-state index contributed by atoms with van der Waals surface area (Å²) in [5, 5.41) is 0. The molecule has 4 heteroatoms. The first-order valence-corrected chi connectivity index (χ1v) is 6.45. The maximum atomic E-state index is 5.69. The number of aromatic amines is 1. The number of H-pyrrole nitrogens is 1. The number of fused-ring (bicyclic) bond motifs is 1. The molecule has 2 aromatic heterocycles. The first-order valence-electron chi connectivity index (χ1n) is 6.45. The molecule has 3 aromatic rings. The van der Waals surface area contributed by atoms with E-state index in [1.165, 1.54) is 5.56 Å². The van der Waals surface area contributed by atoms with Crippen molar-refractivity contribution in [2.45, 2.75) is 19.3 Å². The number of rotatable bonds is 3. The first kappa shape index (κ1) is 11.7. The van der Waals surface area contributed by atoms with Crippen LogP contribution in [0.4, 0.5) is 5.82 Å². The predicted octanol–water partition coefficient (Wildman–Crippen LogP) is 3.08. The van der Waals surface area contributed by atoms with Crippen LogP contribution in [0.5, 0.6) is 0 Å². The summed E-state index contributed by atoms with van der Waals surface area (Å²) >= 11 is 0. The van der Waals surface area contributed by atoms with Crippen molar-refractivity contribution >= 4 is 17.0 Å². The molecule has 0 aliphatic carbocycles. The number of nitrogens with two attached hydrogens (primary N) is 1. The molecule has 0 saturated heterocycles. The second-order valence-electron chi connectivity index (χ2n) is 4.60. The third kappa shape index (κ3) is 2.17. The number of nitrogen functional groups attached to an aromatic ring is 1. The minimum absolute atomic E-state index is 0.261. The third-order valence-corrected chi connectivity index (χ3v) is 3.33. The molecule has 19 heavy (non-hydrogen) atoms. The molecule has 0 saturated carbocycles. The van der Waals surface area contributed by atoms with Crippen LogP contribution in [0.2, 0.25) is 0 Å². The Bertz CT molecular complexity index is 688. The second-order valence-corrected chi connectivity index (χ2v) is 4.60. The van der Waals surface area contributed by atoms with Crippen LogP contribution in [0, 0.1) is 0 Å². The van der Waals surface area contributed by atoms with Gasteiger partial charge >= 0.3 is 0 Å². The standard InChI is InChI=1S/C15H16N4/c1-2-11(10-6-4-3-5-7-10)14-17-12-8-9-13(16)18-15(12)19-14/h3-9,11H,2H2,1H3,(H3,16,17,18,19). The molecule has 1 aromatic carbocycles. The molecule has 1 unspecified atom stereocenters. The largest absolute Gasteiger partial charge is 0.384 e. The second kappa shape index (κ2) is 4.72. The molecule has 0 bridgehead atoms. The highest BCUT2D eigenvalue weighted by Gasteiger charge is 2.16. The van der Waals surface area contributed by atoms with Crippen molar-refractivity contribution in [1.82, 2.24) is 15.0 Å². The van der Waals surface area contributed by atoms with E-state index in [9.17, 15) is 0 Å². The van der Waals surface area contributed by atoms with Crippen LogP contribution >= 0.6 is 0 Å². The van der Waals surface area contributed by atoms with Crippen molar-refractivity contribution in [3.05, 3.63) is 53.9 Å². The molecular formula is C15H16N4. The van der Waals surface area contributed by atoms with Crippen LogP contribution in [0.1, 0.15) is 30.7 Å². The van der Waals surface area contributed by atoms with Crippen molar-refractivity contribution in [3.63, 3.8) is 0 Å². The van der Waals surface area contributed by atoms with Crippen LogP contribution < -0.4 is 5.73 Å². The zero-order valence-electron chi connectivity index (χ0n) is 10.8. The molecular weight excluding hydrogens is 236 g/mol. The van der Waals surface area contributed by atoms with Crippen LogP contribution in [0.25, 0.3) is 11.2 Å². The van der Waals surface area contributed by atoms with E-state index in [1.54, 1.807) is 6.07 Å². The van der Waals surface area contributed by atoms with Gasteiger partial charge in [-0.15, -0.1) is 0 Å². The lowest BCUT2D eigenvalue weighted by atomic mass is 9.96. The zero-order chi connectivity index (χ0) is 13.2. The van der Waals surface area contributed by atoms with Crippen molar-refractivity contribution < 1.29 is 0 Å². The fourth-order valence-electron chi connectivity index (χ4n) is 2.36.